The molecule has 2 N–H and O–H groups in total. The molecule has 0 aliphatic carbocycles. The molecule has 0 bridgehead atoms. The Morgan fingerprint density at radius 2 is 1.32 bits per heavy atom. The standard InChI is InChI=1S/C24H39NO12/c1-12(26)31-11-16-19(32-13(2)27)20(33-14(3)28)18(25)22(35-16)34-15(21(30)37-24(7,8)9)10-17(29)36-23(4,5)6/h15-16,18-20,22H,10-11,25H2,1-9H3/t15-,16+,18+,19+,20+,22-/m0/s1. The van der Waals surface area contributed by atoms with E-state index in [2.05, 4.69) is 0 Å². The largest absolute Gasteiger partial charge is 0.463 e. The Labute approximate surface area is 216 Å². The molecule has 1 rings (SSSR count). The lowest BCUT2D eigenvalue weighted by atomic mass is 9.96. The van der Waals surface area contributed by atoms with Crippen molar-refractivity contribution in [3.63, 3.8) is 0 Å². The molecule has 1 aliphatic heterocycles. The van der Waals surface area contributed by atoms with Crippen molar-refractivity contribution in [3.8, 4) is 0 Å². The second-order valence-electron chi connectivity index (χ2n) is 10.5. The molecule has 0 aromatic heterocycles. The lowest BCUT2D eigenvalue weighted by Gasteiger charge is -2.44. The highest BCUT2D eigenvalue weighted by Crippen LogP contribution is 2.28. The zero-order chi connectivity index (χ0) is 28.7. The summed E-state index contributed by atoms with van der Waals surface area (Å²) in [5, 5.41) is 0. The first-order valence-corrected chi connectivity index (χ1v) is 11.8. The minimum Gasteiger partial charge on any atom is -0.463 e. The maximum absolute atomic E-state index is 12.9. The lowest BCUT2D eigenvalue weighted by molar-refractivity contribution is -0.285. The molecular weight excluding hydrogens is 494 g/mol. The number of rotatable bonds is 9. The van der Waals surface area contributed by atoms with E-state index in [4.69, 9.17) is 38.9 Å². The fourth-order valence-electron chi connectivity index (χ4n) is 3.31. The molecule has 13 nitrogen and oxygen atoms in total. The average Bonchev–Trinajstić information content (AvgIpc) is 2.67. The lowest BCUT2D eigenvalue weighted by Crippen LogP contribution is -2.65. The van der Waals surface area contributed by atoms with Crippen molar-refractivity contribution in [2.24, 2.45) is 5.73 Å². The number of hydrogen-bond donors (Lipinski definition) is 1. The van der Waals surface area contributed by atoms with E-state index in [0.717, 1.165) is 20.8 Å². The molecule has 0 aromatic rings. The highest BCUT2D eigenvalue weighted by molar-refractivity contribution is 5.82. The molecule has 0 spiro atoms. The Balaban J connectivity index is 3.33. The molecule has 0 amide bonds. The van der Waals surface area contributed by atoms with E-state index >= 15 is 0 Å². The molecule has 37 heavy (non-hydrogen) atoms. The van der Waals surface area contributed by atoms with Gasteiger partial charge in [-0.3, -0.25) is 19.2 Å². The van der Waals surface area contributed by atoms with Gasteiger partial charge in [0, 0.05) is 20.8 Å². The van der Waals surface area contributed by atoms with Crippen LogP contribution in [0.5, 0.6) is 0 Å². The Bertz CT molecular complexity index is 844. The quantitative estimate of drug-likeness (QED) is 0.327. The summed E-state index contributed by atoms with van der Waals surface area (Å²) in [7, 11) is 0. The van der Waals surface area contributed by atoms with Crippen LogP contribution in [0.2, 0.25) is 0 Å². The van der Waals surface area contributed by atoms with Gasteiger partial charge in [-0.2, -0.15) is 0 Å². The Morgan fingerprint density at radius 1 is 0.811 bits per heavy atom. The number of hydrogen-bond acceptors (Lipinski definition) is 13. The first kappa shape index (κ1) is 32.3. The summed E-state index contributed by atoms with van der Waals surface area (Å²) >= 11 is 0. The third-order valence-corrected chi connectivity index (χ3v) is 4.49. The van der Waals surface area contributed by atoms with Crippen LogP contribution in [-0.4, -0.2) is 84.4 Å². The number of carbonyl (C=O) groups is 5. The van der Waals surface area contributed by atoms with Crippen LogP contribution < -0.4 is 5.73 Å². The third-order valence-electron chi connectivity index (χ3n) is 4.49. The smallest absolute Gasteiger partial charge is 0.336 e. The van der Waals surface area contributed by atoms with Gasteiger partial charge in [-0.1, -0.05) is 0 Å². The van der Waals surface area contributed by atoms with Gasteiger partial charge in [-0.15, -0.1) is 0 Å². The van der Waals surface area contributed by atoms with Crippen LogP contribution in [0.25, 0.3) is 0 Å². The van der Waals surface area contributed by atoms with Crippen molar-refractivity contribution >= 4 is 29.8 Å². The van der Waals surface area contributed by atoms with E-state index in [1.165, 1.54) is 0 Å². The van der Waals surface area contributed by atoms with Crippen LogP contribution in [0.1, 0.15) is 68.7 Å². The summed E-state index contributed by atoms with van der Waals surface area (Å²) in [5.41, 5.74) is 4.52. The molecule has 1 aliphatic rings. The van der Waals surface area contributed by atoms with Gasteiger partial charge in [0.2, 0.25) is 0 Å². The number of ether oxygens (including phenoxy) is 7. The van der Waals surface area contributed by atoms with Crippen molar-refractivity contribution in [1.82, 2.24) is 0 Å². The molecule has 13 heteroatoms. The van der Waals surface area contributed by atoms with Gasteiger partial charge in [-0.05, 0) is 41.5 Å². The number of esters is 5. The van der Waals surface area contributed by atoms with Gasteiger partial charge in [-0.25, -0.2) is 4.79 Å². The Kier molecular flexibility index (Phi) is 11.5. The van der Waals surface area contributed by atoms with E-state index in [-0.39, 0.29) is 0 Å². The van der Waals surface area contributed by atoms with Crippen LogP contribution in [0.15, 0.2) is 0 Å². The van der Waals surface area contributed by atoms with Crippen molar-refractivity contribution in [1.29, 1.82) is 0 Å². The predicted molar refractivity (Wildman–Crippen MR) is 126 cm³/mol. The molecule has 6 atom stereocenters. The van der Waals surface area contributed by atoms with Gasteiger partial charge in [0.1, 0.15) is 23.9 Å². The SMILES string of the molecule is CC(=O)OC[C@H]1O[C@H](O[C@@H](CC(=O)OC(C)(C)C)C(=O)OC(C)(C)C)[C@H](N)[C@@H](OC(C)=O)[C@@H]1OC(C)=O. The number of carbonyl (C=O) groups excluding carboxylic acids is 5. The highest BCUT2D eigenvalue weighted by Gasteiger charge is 2.50. The predicted octanol–water partition coefficient (Wildman–Crippen LogP) is 0.924. The Morgan fingerprint density at radius 3 is 1.78 bits per heavy atom. The van der Waals surface area contributed by atoms with Crippen LogP contribution in [0, 0.1) is 0 Å². The second kappa shape index (κ2) is 13.2. The van der Waals surface area contributed by atoms with Gasteiger partial charge in [0.25, 0.3) is 0 Å². The average molecular weight is 534 g/mol. The summed E-state index contributed by atoms with van der Waals surface area (Å²) in [5.74, 6) is -3.78. The van der Waals surface area contributed by atoms with Crippen LogP contribution in [0.3, 0.4) is 0 Å². The molecule has 212 valence electrons. The summed E-state index contributed by atoms with van der Waals surface area (Å²) < 4.78 is 37.9. The van der Waals surface area contributed by atoms with E-state index in [1.807, 2.05) is 0 Å². The van der Waals surface area contributed by atoms with Gasteiger partial charge < -0.3 is 38.9 Å². The summed E-state index contributed by atoms with van der Waals surface area (Å²) in [4.78, 5) is 60.4. The third kappa shape index (κ3) is 11.9. The molecule has 0 unspecified atom stereocenters. The molecule has 1 heterocycles. The van der Waals surface area contributed by atoms with Crippen molar-refractivity contribution in [3.05, 3.63) is 0 Å². The normalized spacial score (nSPS) is 24.9. The highest BCUT2D eigenvalue weighted by atomic mass is 16.7. The van der Waals surface area contributed by atoms with Crippen LogP contribution >= 0.6 is 0 Å². The van der Waals surface area contributed by atoms with Crippen LogP contribution in [0.4, 0.5) is 0 Å². The number of nitrogens with two attached hydrogens (primary N) is 1. The molecular formula is C24H39NO12. The second-order valence-corrected chi connectivity index (χ2v) is 10.5. The van der Waals surface area contributed by atoms with Crippen molar-refractivity contribution in [2.75, 3.05) is 6.61 Å². The molecule has 1 fully saturated rings. The minimum absolute atomic E-state index is 0.416. The summed E-state index contributed by atoms with van der Waals surface area (Å²) in [6.45, 7) is 12.9. The maximum Gasteiger partial charge on any atom is 0.336 e. The maximum atomic E-state index is 12.9. The summed E-state index contributed by atoms with van der Waals surface area (Å²) in [6, 6.07) is -1.29. The summed E-state index contributed by atoms with van der Waals surface area (Å²) in [6.07, 6.45) is -7.30. The van der Waals surface area contributed by atoms with Gasteiger partial charge in [0.05, 0.1) is 12.5 Å². The molecule has 1 saturated heterocycles. The monoisotopic (exact) mass is 533 g/mol. The first-order valence-electron chi connectivity index (χ1n) is 11.8. The van der Waals surface area contributed by atoms with E-state index in [0.29, 0.717) is 0 Å². The molecule has 0 aromatic carbocycles. The molecule has 0 saturated carbocycles. The van der Waals surface area contributed by atoms with E-state index < -0.39 is 90.8 Å². The van der Waals surface area contributed by atoms with Crippen molar-refractivity contribution in [2.45, 2.75) is 117 Å². The fraction of sp³-hybridized carbons (Fsp3) is 0.792. The van der Waals surface area contributed by atoms with Gasteiger partial charge >= 0.3 is 29.8 Å². The topological polar surface area (TPSA) is 176 Å². The molecule has 0 radical (unpaired) electrons. The van der Waals surface area contributed by atoms with E-state index in [1.54, 1.807) is 41.5 Å². The first-order chi connectivity index (χ1) is 16.8. The van der Waals surface area contributed by atoms with Crippen molar-refractivity contribution < 1.29 is 57.1 Å². The zero-order valence-electron chi connectivity index (χ0n) is 22.9. The Hall–Kier alpha value is -2.77. The van der Waals surface area contributed by atoms with E-state index in [9.17, 15) is 24.0 Å². The minimum atomic E-state index is -1.53. The van der Waals surface area contributed by atoms with Crippen LogP contribution in [-0.2, 0) is 57.1 Å². The van der Waals surface area contributed by atoms with Gasteiger partial charge in [0.15, 0.2) is 24.6 Å². The fourth-order valence-corrected chi connectivity index (χ4v) is 3.31. The zero-order valence-corrected chi connectivity index (χ0v) is 22.9.